The normalized spacial score (nSPS) is 37.3. The smallest absolute Gasteiger partial charge is 0.0572 e. The molecule has 0 saturated heterocycles. The minimum absolute atomic E-state index is 0.538. The maximum atomic E-state index is 5.42. The molecular formula is C14H25NO. The molecule has 0 aliphatic heterocycles. The summed E-state index contributed by atoms with van der Waals surface area (Å²) in [6.07, 6.45) is 11.7. The monoisotopic (exact) mass is 223 g/mol. The Morgan fingerprint density at radius 2 is 1.75 bits per heavy atom. The zero-order valence-electron chi connectivity index (χ0n) is 10.5. The van der Waals surface area contributed by atoms with Crippen LogP contribution >= 0.6 is 0 Å². The van der Waals surface area contributed by atoms with Gasteiger partial charge in [0.2, 0.25) is 0 Å². The molecule has 3 fully saturated rings. The van der Waals surface area contributed by atoms with Gasteiger partial charge in [-0.25, -0.2) is 0 Å². The van der Waals surface area contributed by atoms with E-state index in [1.54, 1.807) is 0 Å². The Hall–Kier alpha value is -0.0800. The fraction of sp³-hybridized carbons (Fsp3) is 1.00. The van der Waals surface area contributed by atoms with E-state index in [1.165, 1.54) is 57.9 Å². The van der Waals surface area contributed by atoms with Gasteiger partial charge in [0.15, 0.2) is 0 Å². The third-order valence-electron chi connectivity index (χ3n) is 5.09. The van der Waals surface area contributed by atoms with Gasteiger partial charge in [0.25, 0.3) is 0 Å². The summed E-state index contributed by atoms with van der Waals surface area (Å²) in [5.74, 6) is 1.09. The highest BCUT2D eigenvalue weighted by atomic mass is 16.5. The molecule has 0 spiro atoms. The molecule has 2 heteroatoms. The lowest BCUT2D eigenvalue weighted by Gasteiger charge is -2.29. The topological polar surface area (TPSA) is 21.3 Å². The van der Waals surface area contributed by atoms with Crippen LogP contribution in [-0.2, 0) is 4.74 Å². The highest BCUT2D eigenvalue weighted by Crippen LogP contribution is 2.60. The molecule has 0 heterocycles. The fourth-order valence-electron chi connectivity index (χ4n) is 3.44. The lowest BCUT2D eigenvalue weighted by Crippen LogP contribution is -2.38. The van der Waals surface area contributed by atoms with Crippen LogP contribution < -0.4 is 5.32 Å². The Morgan fingerprint density at radius 3 is 2.25 bits per heavy atom. The predicted molar refractivity (Wildman–Crippen MR) is 65.4 cm³/mol. The minimum atomic E-state index is 0.538. The minimum Gasteiger partial charge on any atom is -0.381 e. The Bertz CT molecular complexity index is 237. The van der Waals surface area contributed by atoms with Crippen molar-refractivity contribution in [3.8, 4) is 0 Å². The summed E-state index contributed by atoms with van der Waals surface area (Å²) in [6.45, 7) is 1.31. The van der Waals surface area contributed by atoms with Gasteiger partial charge in [-0.1, -0.05) is 0 Å². The Morgan fingerprint density at radius 1 is 1.06 bits per heavy atom. The second kappa shape index (κ2) is 4.30. The van der Waals surface area contributed by atoms with Crippen LogP contribution in [0, 0.1) is 11.3 Å². The molecule has 2 nitrogen and oxygen atoms in total. The van der Waals surface area contributed by atoms with E-state index in [1.807, 2.05) is 7.11 Å². The first-order valence-corrected chi connectivity index (χ1v) is 7.09. The van der Waals surface area contributed by atoms with Crippen molar-refractivity contribution in [1.29, 1.82) is 0 Å². The molecule has 3 rings (SSSR count). The first-order chi connectivity index (χ1) is 7.82. The third kappa shape index (κ3) is 2.28. The highest BCUT2D eigenvalue weighted by Gasteiger charge is 2.53. The van der Waals surface area contributed by atoms with E-state index in [9.17, 15) is 0 Å². The second-order valence-electron chi connectivity index (χ2n) is 6.23. The van der Waals surface area contributed by atoms with E-state index in [0.29, 0.717) is 6.10 Å². The van der Waals surface area contributed by atoms with E-state index < -0.39 is 0 Å². The van der Waals surface area contributed by atoms with E-state index >= 15 is 0 Å². The highest BCUT2D eigenvalue weighted by molar-refractivity contribution is 5.05. The molecule has 0 unspecified atom stereocenters. The van der Waals surface area contributed by atoms with E-state index in [-0.39, 0.29) is 0 Å². The van der Waals surface area contributed by atoms with Crippen LogP contribution in [0.15, 0.2) is 0 Å². The van der Waals surface area contributed by atoms with Crippen molar-refractivity contribution in [1.82, 2.24) is 5.32 Å². The van der Waals surface area contributed by atoms with Crippen molar-refractivity contribution in [3.05, 3.63) is 0 Å². The molecular weight excluding hydrogens is 198 g/mol. The molecule has 16 heavy (non-hydrogen) atoms. The number of hydrogen-bond acceptors (Lipinski definition) is 2. The molecule has 3 aliphatic rings. The van der Waals surface area contributed by atoms with Crippen LogP contribution in [0.3, 0.4) is 0 Å². The molecule has 0 aromatic heterocycles. The van der Waals surface area contributed by atoms with Crippen LogP contribution in [0.2, 0.25) is 0 Å². The summed E-state index contributed by atoms with van der Waals surface area (Å²) in [5, 5.41) is 3.83. The van der Waals surface area contributed by atoms with Gasteiger partial charge in [-0.05, 0) is 62.7 Å². The SMILES string of the molecule is COC1CCC(NCC2(C3CC3)CC2)CC1. The maximum absolute atomic E-state index is 5.42. The summed E-state index contributed by atoms with van der Waals surface area (Å²) >= 11 is 0. The van der Waals surface area contributed by atoms with Crippen molar-refractivity contribution < 1.29 is 4.74 Å². The third-order valence-corrected chi connectivity index (χ3v) is 5.09. The Balaban J connectivity index is 1.39. The molecule has 1 N–H and O–H groups in total. The van der Waals surface area contributed by atoms with Gasteiger partial charge in [-0.2, -0.15) is 0 Å². The maximum Gasteiger partial charge on any atom is 0.0572 e. The second-order valence-corrected chi connectivity index (χ2v) is 6.23. The first-order valence-electron chi connectivity index (χ1n) is 7.09. The van der Waals surface area contributed by atoms with Crippen molar-refractivity contribution in [3.63, 3.8) is 0 Å². The van der Waals surface area contributed by atoms with E-state index in [4.69, 9.17) is 4.74 Å². The Kier molecular flexibility index (Phi) is 2.97. The summed E-state index contributed by atoms with van der Waals surface area (Å²) in [4.78, 5) is 0. The molecule has 0 atom stereocenters. The lowest BCUT2D eigenvalue weighted by atomic mass is 9.92. The number of rotatable bonds is 5. The number of methoxy groups -OCH3 is 1. The Labute approximate surface area is 99.1 Å². The van der Waals surface area contributed by atoms with Gasteiger partial charge in [-0.3, -0.25) is 0 Å². The molecule has 0 amide bonds. The van der Waals surface area contributed by atoms with Gasteiger partial charge in [0, 0.05) is 19.7 Å². The summed E-state index contributed by atoms with van der Waals surface area (Å²) in [6, 6.07) is 0.780. The van der Waals surface area contributed by atoms with Gasteiger partial charge >= 0.3 is 0 Å². The molecule has 0 aromatic rings. The standard InChI is InChI=1S/C14H25NO/c1-16-13-6-4-12(5-7-13)15-10-14(8-9-14)11-2-3-11/h11-13,15H,2-10H2,1H3. The fourth-order valence-corrected chi connectivity index (χ4v) is 3.44. The zero-order chi connectivity index (χ0) is 11.0. The van der Waals surface area contributed by atoms with E-state index in [0.717, 1.165) is 17.4 Å². The van der Waals surface area contributed by atoms with Gasteiger partial charge in [0.1, 0.15) is 0 Å². The quantitative estimate of drug-likeness (QED) is 0.774. The number of nitrogens with one attached hydrogen (secondary N) is 1. The van der Waals surface area contributed by atoms with Gasteiger partial charge in [0.05, 0.1) is 6.10 Å². The molecule has 3 saturated carbocycles. The molecule has 3 aliphatic carbocycles. The van der Waals surface area contributed by atoms with Gasteiger partial charge < -0.3 is 10.1 Å². The average Bonchev–Trinajstić information content (AvgIpc) is 3.17. The molecule has 0 bridgehead atoms. The van der Waals surface area contributed by atoms with E-state index in [2.05, 4.69) is 5.32 Å². The largest absolute Gasteiger partial charge is 0.381 e. The van der Waals surface area contributed by atoms with Crippen LogP contribution in [0.1, 0.15) is 51.4 Å². The van der Waals surface area contributed by atoms with Crippen molar-refractivity contribution in [2.75, 3.05) is 13.7 Å². The van der Waals surface area contributed by atoms with Crippen molar-refractivity contribution in [2.24, 2.45) is 11.3 Å². The molecule has 0 radical (unpaired) electrons. The van der Waals surface area contributed by atoms with Crippen molar-refractivity contribution in [2.45, 2.75) is 63.5 Å². The van der Waals surface area contributed by atoms with Gasteiger partial charge in [-0.15, -0.1) is 0 Å². The molecule has 92 valence electrons. The lowest BCUT2D eigenvalue weighted by molar-refractivity contribution is 0.0618. The summed E-state index contributed by atoms with van der Waals surface area (Å²) in [7, 11) is 1.85. The summed E-state index contributed by atoms with van der Waals surface area (Å²) < 4.78 is 5.42. The average molecular weight is 223 g/mol. The summed E-state index contributed by atoms with van der Waals surface area (Å²) in [5.41, 5.74) is 0.762. The van der Waals surface area contributed by atoms with Crippen LogP contribution in [0.4, 0.5) is 0 Å². The van der Waals surface area contributed by atoms with Crippen LogP contribution in [0.5, 0.6) is 0 Å². The first kappa shape index (κ1) is 11.0. The zero-order valence-corrected chi connectivity index (χ0v) is 10.5. The number of hydrogen-bond donors (Lipinski definition) is 1. The van der Waals surface area contributed by atoms with Crippen molar-refractivity contribution >= 4 is 0 Å². The van der Waals surface area contributed by atoms with Crippen LogP contribution in [0.25, 0.3) is 0 Å². The molecule has 0 aromatic carbocycles. The van der Waals surface area contributed by atoms with Crippen LogP contribution in [-0.4, -0.2) is 25.8 Å². The predicted octanol–water partition coefficient (Wildman–Crippen LogP) is 2.72. The number of ether oxygens (including phenoxy) is 1.